The molecule has 2 rings (SSSR count). The third kappa shape index (κ3) is 4.43. The van der Waals surface area contributed by atoms with Crippen LogP contribution in [0, 0.1) is 5.82 Å². The first-order valence-electron chi connectivity index (χ1n) is 6.42. The molecule has 0 fully saturated rings. The van der Waals surface area contributed by atoms with Crippen molar-refractivity contribution in [1.29, 1.82) is 0 Å². The number of hydrogen-bond acceptors (Lipinski definition) is 3. The lowest BCUT2D eigenvalue weighted by atomic mass is 10.1. The van der Waals surface area contributed by atoms with Crippen LogP contribution in [0.4, 0.5) is 10.2 Å². The van der Waals surface area contributed by atoms with E-state index in [-0.39, 0.29) is 28.7 Å². The van der Waals surface area contributed by atoms with E-state index in [2.05, 4.69) is 10.3 Å². The summed E-state index contributed by atoms with van der Waals surface area (Å²) in [6.07, 6.45) is 0.598. The Labute approximate surface area is 127 Å². The molecule has 0 aliphatic heterocycles. The molecule has 21 heavy (non-hydrogen) atoms. The largest absolute Gasteiger partial charge is 0.384 e. The van der Waals surface area contributed by atoms with Gasteiger partial charge in [-0.05, 0) is 43.2 Å². The van der Waals surface area contributed by atoms with Crippen LogP contribution in [0.25, 0.3) is 0 Å². The third-order valence-corrected chi connectivity index (χ3v) is 3.10. The molecule has 0 radical (unpaired) electrons. The zero-order valence-corrected chi connectivity index (χ0v) is 12.2. The number of pyridine rings is 1. The number of nitrogens with one attached hydrogen (secondary N) is 1. The van der Waals surface area contributed by atoms with Crippen LogP contribution in [0.1, 0.15) is 22.8 Å². The van der Waals surface area contributed by atoms with Crippen molar-refractivity contribution in [3.8, 4) is 0 Å². The normalized spacial score (nSPS) is 12.0. The van der Waals surface area contributed by atoms with Gasteiger partial charge in [-0.1, -0.05) is 23.7 Å². The van der Waals surface area contributed by atoms with E-state index in [1.54, 1.807) is 12.1 Å². The Bertz CT molecular complexity index is 626. The molecule has 1 atom stereocenters. The van der Waals surface area contributed by atoms with Crippen molar-refractivity contribution in [1.82, 2.24) is 10.3 Å². The highest BCUT2D eigenvalue weighted by atomic mass is 35.5. The molecule has 2 aromatic rings. The minimum Gasteiger partial charge on any atom is -0.384 e. The first kappa shape index (κ1) is 15.3. The van der Waals surface area contributed by atoms with Crippen molar-refractivity contribution >= 4 is 23.3 Å². The second-order valence-corrected chi connectivity index (χ2v) is 5.20. The van der Waals surface area contributed by atoms with E-state index < -0.39 is 0 Å². The molecule has 0 aliphatic carbocycles. The quantitative estimate of drug-likeness (QED) is 0.853. The summed E-state index contributed by atoms with van der Waals surface area (Å²) in [6, 6.07) is 8.99. The Hall–Kier alpha value is -2.14. The van der Waals surface area contributed by atoms with Crippen molar-refractivity contribution in [2.75, 3.05) is 5.73 Å². The third-order valence-electron chi connectivity index (χ3n) is 2.91. The Morgan fingerprint density at radius 2 is 2.05 bits per heavy atom. The number of halogens is 2. The number of aromatic nitrogens is 1. The standard InChI is InChI=1S/C15H15ClFN3O/c1-9(6-10-2-4-12(17)5-3-10)19-15(21)11-7-13(16)20-14(18)8-11/h2-5,7-9H,6H2,1H3,(H2,18,20)(H,19,21). The van der Waals surface area contributed by atoms with E-state index in [0.717, 1.165) is 5.56 Å². The van der Waals surface area contributed by atoms with Gasteiger partial charge < -0.3 is 11.1 Å². The van der Waals surface area contributed by atoms with Crippen LogP contribution in [-0.4, -0.2) is 16.9 Å². The Morgan fingerprint density at radius 3 is 2.67 bits per heavy atom. The smallest absolute Gasteiger partial charge is 0.251 e. The van der Waals surface area contributed by atoms with Crippen LogP contribution >= 0.6 is 11.6 Å². The number of nitrogens with zero attached hydrogens (tertiary/aromatic N) is 1. The van der Waals surface area contributed by atoms with Gasteiger partial charge in [0.05, 0.1) is 0 Å². The number of nitrogen functional groups attached to an aromatic ring is 1. The average molecular weight is 308 g/mol. The molecule has 1 unspecified atom stereocenters. The van der Waals surface area contributed by atoms with Crippen LogP contribution in [0.15, 0.2) is 36.4 Å². The van der Waals surface area contributed by atoms with Gasteiger partial charge in [-0.25, -0.2) is 9.37 Å². The predicted molar refractivity (Wildman–Crippen MR) is 80.7 cm³/mol. The SMILES string of the molecule is CC(Cc1ccc(F)cc1)NC(=O)c1cc(N)nc(Cl)c1. The first-order chi connectivity index (χ1) is 9.94. The summed E-state index contributed by atoms with van der Waals surface area (Å²) in [4.78, 5) is 15.9. The fraction of sp³-hybridized carbons (Fsp3) is 0.200. The van der Waals surface area contributed by atoms with Gasteiger partial charge in [-0.2, -0.15) is 0 Å². The number of rotatable bonds is 4. The average Bonchev–Trinajstić information content (AvgIpc) is 2.40. The van der Waals surface area contributed by atoms with Crippen molar-refractivity contribution in [2.45, 2.75) is 19.4 Å². The molecule has 1 aromatic carbocycles. The summed E-state index contributed by atoms with van der Waals surface area (Å²) >= 11 is 5.77. The minimum atomic E-state index is -0.280. The summed E-state index contributed by atoms with van der Waals surface area (Å²) in [5.41, 5.74) is 6.86. The van der Waals surface area contributed by atoms with Crippen molar-refractivity contribution < 1.29 is 9.18 Å². The molecule has 6 heteroatoms. The van der Waals surface area contributed by atoms with E-state index >= 15 is 0 Å². The molecule has 1 amide bonds. The molecule has 4 nitrogen and oxygen atoms in total. The lowest BCUT2D eigenvalue weighted by molar-refractivity contribution is 0.0940. The van der Waals surface area contributed by atoms with E-state index in [4.69, 9.17) is 17.3 Å². The zero-order valence-electron chi connectivity index (χ0n) is 11.4. The van der Waals surface area contributed by atoms with E-state index in [9.17, 15) is 9.18 Å². The lowest BCUT2D eigenvalue weighted by Gasteiger charge is -2.14. The van der Waals surface area contributed by atoms with Crippen molar-refractivity contribution in [2.24, 2.45) is 0 Å². The predicted octanol–water partition coefficient (Wildman–Crippen LogP) is 2.82. The highest BCUT2D eigenvalue weighted by Crippen LogP contribution is 2.13. The molecule has 110 valence electrons. The maximum absolute atomic E-state index is 12.8. The van der Waals surface area contributed by atoms with Gasteiger partial charge >= 0.3 is 0 Å². The monoisotopic (exact) mass is 307 g/mol. The van der Waals surface area contributed by atoms with E-state index in [0.29, 0.717) is 12.0 Å². The van der Waals surface area contributed by atoms with Gasteiger partial charge in [0.25, 0.3) is 5.91 Å². The maximum Gasteiger partial charge on any atom is 0.251 e. The topological polar surface area (TPSA) is 68.0 Å². The number of carbonyl (C=O) groups is 1. The molecule has 3 N–H and O–H groups in total. The maximum atomic E-state index is 12.8. The van der Waals surface area contributed by atoms with Gasteiger partial charge in [0.1, 0.15) is 16.8 Å². The number of amides is 1. The second kappa shape index (κ2) is 6.54. The molecule has 0 aliphatic rings. The summed E-state index contributed by atoms with van der Waals surface area (Å²) in [5.74, 6) is -0.364. The number of benzene rings is 1. The first-order valence-corrected chi connectivity index (χ1v) is 6.80. The Morgan fingerprint density at radius 1 is 1.38 bits per heavy atom. The fourth-order valence-corrected chi connectivity index (χ4v) is 2.20. The summed E-state index contributed by atoms with van der Waals surface area (Å²) in [7, 11) is 0. The van der Waals surface area contributed by atoms with Crippen molar-refractivity contribution in [3.05, 3.63) is 58.5 Å². The van der Waals surface area contributed by atoms with Crippen LogP contribution in [-0.2, 0) is 6.42 Å². The van der Waals surface area contributed by atoms with Crippen LogP contribution < -0.4 is 11.1 Å². The highest BCUT2D eigenvalue weighted by Gasteiger charge is 2.12. The highest BCUT2D eigenvalue weighted by molar-refractivity contribution is 6.29. The van der Waals surface area contributed by atoms with Gasteiger partial charge in [0.2, 0.25) is 0 Å². The summed E-state index contributed by atoms with van der Waals surface area (Å²) in [5, 5.41) is 3.01. The number of carbonyl (C=O) groups excluding carboxylic acids is 1. The molecular formula is C15H15ClFN3O. The second-order valence-electron chi connectivity index (χ2n) is 4.81. The molecular weight excluding hydrogens is 293 g/mol. The van der Waals surface area contributed by atoms with E-state index in [1.807, 2.05) is 6.92 Å². The Kier molecular flexibility index (Phi) is 4.75. The summed E-state index contributed by atoms with van der Waals surface area (Å²) < 4.78 is 12.8. The molecule has 0 bridgehead atoms. The zero-order chi connectivity index (χ0) is 15.4. The van der Waals surface area contributed by atoms with Gasteiger partial charge in [-0.15, -0.1) is 0 Å². The van der Waals surface area contributed by atoms with Crippen LogP contribution in [0.3, 0.4) is 0 Å². The Balaban J connectivity index is 2.00. The molecule has 0 saturated heterocycles. The summed E-state index contributed by atoms with van der Waals surface area (Å²) in [6.45, 7) is 1.87. The van der Waals surface area contributed by atoms with Gasteiger partial charge in [-0.3, -0.25) is 4.79 Å². The fourth-order valence-electron chi connectivity index (χ4n) is 1.98. The van der Waals surface area contributed by atoms with Gasteiger partial charge in [0.15, 0.2) is 0 Å². The number of nitrogens with two attached hydrogens (primary N) is 1. The number of hydrogen-bond donors (Lipinski definition) is 2. The lowest BCUT2D eigenvalue weighted by Crippen LogP contribution is -2.34. The molecule has 0 spiro atoms. The van der Waals surface area contributed by atoms with Crippen molar-refractivity contribution in [3.63, 3.8) is 0 Å². The van der Waals surface area contributed by atoms with Crippen LogP contribution in [0.2, 0.25) is 5.15 Å². The molecule has 1 heterocycles. The minimum absolute atomic E-state index is 0.115. The molecule has 1 aromatic heterocycles. The molecule has 0 saturated carbocycles. The number of anilines is 1. The van der Waals surface area contributed by atoms with Gasteiger partial charge in [0, 0.05) is 11.6 Å². The van der Waals surface area contributed by atoms with Crippen LogP contribution in [0.5, 0.6) is 0 Å². The van der Waals surface area contributed by atoms with E-state index in [1.165, 1.54) is 24.3 Å².